The summed E-state index contributed by atoms with van der Waals surface area (Å²) in [5, 5.41) is 23.8. The number of aliphatic imine (C=N–C) groups is 1. The summed E-state index contributed by atoms with van der Waals surface area (Å²) in [6, 6.07) is 4.82. The number of thiophene rings is 1. The maximum absolute atomic E-state index is 13.6. The third-order valence-electron chi connectivity index (χ3n) is 10.7. The summed E-state index contributed by atoms with van der Waals surface area (Å²) in [6.45, 7) is 10.4. The van der Waals surface area contributed by atoms with E-state index in [1.807, 2.05) is 19.9 Å². The zero-order valence-corrected chi connectivity index (χ0v) is 31.8. The second-order valence-corrected chi connectivity index (χ2v) is 15.8. The highest BCUT2D eigenvalue weighted by Crippen LogP contribution is 2.46. The van der Waals surface area contributed by atoms with E-state index in [-0.39, 0.29) is 23.5 Å². The van der Waals surface area contributed by atoms with Gasteiger partial charge in [-0.25, -0.2) is 14.8 Å². The van der Waals surface area contributed by atoms with E-state index in [9.17, 15) is 24.8 Å². The molecule has 5 heterocycles. The Labute approximate surface area is 318 Å². The number of hydrogen-bond acceptors (Lipinski definition) is 13. The number of fused-ring (bicyclic) bond motifs is 1. The maximum Gasteiger partial charge on any atom is 0.326 e. The highest BCUT2D eigenvalue weighted by atomic mass is 32.1. The number of carbonyl (C=O) groups excluding carboxylic acids is 2. The number of hydrogen-bond donors (Lipinski definition) is 3. The fraction of sp³-hybridized carbons (Fsp3) is 0.568. The SMILES string of the molecule is CC(C)C(C(=O)N1CCCC1C(=O)O)c1cc(OCCCN2CCCN(c3ccnc(C(N)=NC(=O)[C@@]4(C)CCCc5sc(N)c(C#N)c54)n3)CC2)no1. The average molecular weight is 761 g/mol. The Hall–Kier alpha value is -5.08. The van der Waals surface area contributed by atoms with Gasteiger partial charge in [-0.2, -0.15) is 10.3 Å². The summed E-state index contributed by atoms with van der Waals surface area (Å²) in [5.41, 5.74) is 12.5. The van der Waals surface area contributed by atoms with Crippen molar-refractivity contribution in [2.24, 2.45) is 16.6 Å². The van der Waals surface area contributed by atoms with E-state index in [0.29, 0.717) is 66.0 Å². The monoisotopic (exact) mass is 760 g/mol. The minimum absolute atomic E-state index is 0.0719. The van der Waals surface area contributed by atoms with Crippen molar-refractivity contribution in [2.45, 2.75) is 83.1 Å². The van der Waals surface area contributed by atoms with Crippen LogP contribution >= 0.6 is 11.3 Å². The summed E-state index contributed by atoms with van der Waals surface area (Å²) < 4.78 is 11.4. The summed E-state index contributed by atoms with van der Waals surface area (Å²) in [6.07, 6.45) is 6.46. The minimum atomic E-state index is -1.01. The number of nitrogens with two attached hydrogens (primary N) is 2. The topological polar surface area (TPSA) is 230 Å². The number of carbonyl (C=O) groups is 3. The lowest BCUT2D eigenvalue weighted by Crippen LogP contribution is -2.43. The Balaban J connectivity index is 1.00. The molecule has 288 valence electrons. The number of aromatic nitrogens is 3. The highest BCUT2D eigenvalue weighted by molar-refractivity contribution is 7.16. The van der Waals surface area contributed by atoms with Gasteiger partial charge in [0.2, 0.25) is 5.91 Å². The third kappa shape index (κ3) is 8.04. The van der Waals surface area contributed by atoms with Crippen LogP contribution in [0, 0.1) is 17.2 Å². The van der Waals surface area contributed by atoms with Crippen LogP contribution in [0.5, 0.6) is 5.88 Å². The molecule has 16 nitrogen and oxygen atoms in total. The molecule has 6 rings (SSSR count). The predicted molar refractivity (Wildman–Crippen MR) is 201 cm³/mol. The zero-order valence-electron chi connectivity index (χ0n) is 31.0. The number of aliphatic carboxylic acids is 1. The summed E-state index contributed by atoms with van der Waals surface area (Å²) in [7, 11) is 0. The Morgan fingerprint density at radius 1 is 1.20 bits per heavy atom. The van der Waals surface area contributed by atoms with Crippen LogP contribution in [0.2, 0.25) is 0 Å². The first-order valence-electron chi connectivity index (χ1n) is 18.5. The van der Waals surface area contributed by atoms with E-state index >= 15 is 0 Å². The molecule has 3 aromatic heterocycles. The van der Waals surface area contributed by atoms with Gasteiger partial charge in [0.15, 0.2) is 17.4 Å². The molecule has 3 aromatic rings. The lowest BCUT2D eigenvalue weighted by Gasteiger charge is -2.31. The van der Waals surface area contributed by atoms with E-state index in [4.69, 9.17) is 20.7 Å². The lowest BCUT2D eigenvalue weighted by molar-refractivity contribution is -0.149. The van der Waals surface area contributed by atoms with Crippen molar-refractivity contribution < 1.29 is 28.8 Å². The smallest absolute Gasteiger partial charge is 0.326 e. The molecule has 5 N–H and O–H groups in total. The molecule has 2 saturated heterocycles. The van der Waals surface area contributed by atoms with Crippen molar-refractivity contribution in [1.82, 2.24) is 24.9 Å². The number of amides is 2. The molecule has 0 radical (unpaired) electrons. The second-order valence-electron chi connectivity index (χ2n) is 14.7. The van der Waals surface area contributed by atoms with Gasteiger partial charge in [-0.05, 0) is 75.6 Å². The first-order valence-corrected chi connectivity index (χ1v) is 19.4. The Morgan fingerprint density at radius 3 is 2.78 bits per heavy atom. The van der Waals surface area contributed by atoms with Crippen LogP contribution in [-0.4, -0.2) is 106 Å². The summed E-state index contributed by atoms with van der Waals surface area (Å²) >= 11 is 1.36. The number of aryl methyl sites for hydroxylation is 1. The van der Waals surface area contributed by atoms with Crippen LogP contribution in [0.25, 0.3) is 0 Å². The molecule has 54 heavy (non-hydrogen) atoms. The molecule has 0 saturated carbocycles. The number of anilines is 2. The fourth-order valence-corrected chi connectivity index (χ4v) is 9.01. The predicted octanol–water partition coefficient (Wildman–Crippen LogP) is 3.30. The molecule has 0 aromatic carbocycles. The van der Waals surface area contributed by atoms with E-state index in [1.54, 1.807) is 19.2 Å². The van der Waals surface area contributed by atoms with Gasteiger partial charge in [-0.1, -0.05) is 13.8 Å². The number of nitrogens with zero attached hydrogens (tertiary/aromatic N) is 8. The van der Waals surface area contributed by atoms with Gasteiger partial charge >= 0.3 is 5.97 Å². The van der Waals surface area contributed by atoms with E-state index < -0.39 is 29.3 Å². The molecular formula is C37H48N10O6S. The van der Waals surface area contributed by atoms with Crippen LogP contribution in [0.3, 0.4) is 0 Å². The number of ether oxygens (including phenoxy) is 1. The van der Waals surface area contributed by atoms with Gasteiger partial charge in [-0.3, -0.25) is 9.59 Å². The second kappa shape index (κ2) is 16.5. The van der Waals surface area contributed by atoms with Crippen molar-refractivity contribution in [3.8, 4) is 11.9 Å². The van der Waals surface area contributed by atoms with Crippen molar-refractivity contribution in [3.63, 3.8) is 0 Å². The van der Waals surface area contributed by atoms with Crippen molar-refractivity contribution >= 4 is 45.8 Å². The van der Waals surface area contributed by atoms with Gasteiger partial charge < -0.3 is 40.5 Å². The van der Waals surface area contributed by atoms with E-state index in [2.05, 4.69) is 36.0 Å². The first-order chi connectivity index (χ1) is 25.9. The standard InChI is InChI=1S/C37H48N10O6S/c1-22(2)29(34(48)47-16-5-8-24(47)35(49)50)25-20-28(44-53-25)52-19-7-14-45-13-6-15-46(18-17-45)27-10-12-41-33(42-27)31(39)43-36(51)37(3)11-4-9-26-30(37)23(21-38)32(40)54-26/h10,12,20,22,24,29H,4-9,11,13-19,40H2,1-3H3,(H,49,50)(H2,39,43,51)/t24?,29?,37-/m0/s1. The van der Waals surface area contributed by atoms with Crippen LogP contribution in [0.15, 0.2) is 27.8 Å². The molecule has 3 aliphatic rings. The van der Waals surface area contributed by atoms with Crippen LogP contribution < -0.4 is 21.1 Å². The van der Waals surface area contributed by atoms with Gasteiger partial charge in [-0.15, -0.1) is 11.3 Å². The highest BCUT2D eigenvalue weighted by Gasteiger charge is 2.43. The number of nitrogen functional groups attached to an aromatic ring is 1. The summed E-state index contributed by atoms with van der Waals surface area (Å²) in [5.74, 6) is -0.993. The Bertz CT molecular complexity index is 1940. The molecule has 17 heteroatoms. The van der Waals surface area contributed by atoms with Crippen molar-refractivity contribution in [2.75, 3.05) is 56.5 Å². The van der Waals surface area contributed by atoms with E-state index in [1.165, 1.54) is 16.2 Å². The number of nitriles is 1. The van der Waals surface area contributed by atoms with Crippen molar-refractivity contribution in [1.29, 1.82) is 5.26 Å². The van der Waals surface area contributed by atoms with Gasteiger partial charge in [0.25, 0.3) is 11.8 Å². The molecule has 2 aliphatic heterocycles. The quantitative estimate of drug-likeness (QED) is 0.137. The first kappa shape index (κ1) is 38.6. The average Bonchev–Trinajstić information content (AvgIpc) is 3.86. The molecule has 0 bridgehead atoms. The number of amidine groups is 1. The van der Waals surface area contributed by atoms with Crippen LogP contribution in [0.4, 0.5) is 10.8 Å². The molecule has 2 fully saturated rings. The van der Waals surface area contributed by atoms with Gasteiger partial charge in [0.1, 0.15) is 28.8 Å². The van der Waals surface area contributed by atoms with Gasteiger partial charge in [0.05, 0.1) is 17.6 Å². The number of carboxylic acids is 1. The van der Waals surface area contributed by atoms with Gasteiger partial charge in [0, 0.05) is 55.4 Å². The van der Waals surface area contributed by atoms with Crippen LogP contribution in [0.1, 0.15) is 92.8 Å². The molecular weight excluding hydrogens is 713 g/mol. The molecule has 2 unspecified atom stereocenters. The van der Waals surface area contributed by atoms with Crippen molar-refractivity contribution in [3.05, 3.63) is 45.9 Å². The molecule has 3 atom stereocenters. The van der Waals surface area contributed by atoms with Crippen LogP contribution in [-0.2, 0) is 26.2 Å². The maximum atomic E-state index is 13.6. The third-order valence-corrected chi connectivity index (χ3v) is 11.7. The molecule has 0 spiro atoms. The Kier molecular flexibility index (Phi) is 11.8. The zero-order chi connectivity index (χ0) is 38.6. The number of likely N-dealkylation sites (tertiary alicyclic amines) is 1. The number of carboxylic acid groups (broad SMARTS) is 1. The minimum Gasteiger partial charge on any atom is -0.480 e. The molecule has 1 aliphatic carbocycles. The summed E-state index contributed by atoms with van der Waals surface area (Å²) in [4.78, 5) is 58.8. The van der Waals surface area contributed by atoms with E-state index in [0.717, 1.165) is 63.3 Å². The normalized spacial score (nSPS) is 21.4. The lowest BCUT2D eigenvalue weighted by atomic mass is 9.72. The Morgan fingerprint density at radius 2 is 2.02 bits per heavy atom. The largest absolute Gasteiger partial charge is 0.480 e. The fourth-order valence-electron chi connectivity index (χ4n) is 7.82. The number of rotatable bonds is 12. The molecule has 2 amide bonds.